The van der Waals surface area contributed by atoms with Crippen molar-refractivity contribution in [2.24, 2.45) is 11.8 Å². The van der Waals surface area contributed by atoms with Crippen LogP contribution in [0, 0.1) is 17.2 Å². The summed E-state index contributed by atoms with van der Waals surface area (Å²) in [6.07, 6.45) is 7.90. The van der Waals surface area contributed by atoms with Gasteiger partial charge < -0.3 is 4.90 Å². The SMILES string of the molecule is CC1CCN(C(=N)C2CCCCC2)C1. The van der Waals surface area contributed by atoms with E-state index in [4.69, 9.17) is 5.41 Å². The molecule has 2 rings (SSSR count). The van der Waals surface area contributed by atoms with Crippen molar-refractivity contribution >= 4 is 5.84 Å². The fraction of sp³-hybridized carbons (Fsp3) is 0.917. The molecule has 80 valence electrons. The molecule has 1 atom stereocenters. The monoisotopic (exact) mass is 194 g/mol. The van der Waals surface area contributed by atoms with Crippen LogP contribution in [0.2, 0.25) is 0 Å². The smallest absolute Gasteiger partial charge is 0.0989 e. The average molecular weight is 194 g/mol. The molecule has 0 bridgehead atoms. The molecule has 1 aliphatic carbocycles. The highest BCUT2D eigenvalue weighted by Gasteiger charge is 2.26. The van der Waals surface area contributed by atoms with E-state index in [1.54, 1.807) is 0 Å². The van der Waals surface area contributed by atoms with Crippen molar-refractivity contribution in [2.45, 2.75) is 45.4 Å². The number of likely N-dealkylation sites (tertiary alicyclic amines) is 1. The van der Waals surface area contributed by atoms with Crippen LogP contribution in [0.25, 0.3) is 0 Å². The van der Waals surface area contributed by atoms with E-state index in [1.807, 2.05) is 0 Å². The van der Waals surface area contributed by atoms with E-state index in [9.17, 15) is 0 Å². The fourth-order valence-corrected chi connectivity index (χ4v) is 2.79. The van der Waals surface area contributed by atoms with Crippen LogP contribution in [0.15, 0.2) is 0 Å². The number of amidine groups is 1. The molecular formula is C12H22N2. The Labute approximate surface area is 87.2 Å². The van der Waals surface area contributed by atoms with E-state index < -0.39 is 0 Å². The van der Waals surface area contributed by atoms with Crippen LogP contribution >= 0.6 is 0 Å². The van der Waals surface area contributed by atoms with Crippen LogP contribution in [0.4, 0.5) is 0 Å². The summed E-state index contributed by atoms with van der Waals surface area (Å²) in [5, 5.41) is 8.20. The van der Waals surface area contributed by atoms with E-state index in [0.717, 1.165) is 24.8 Å². The summed E-state index contributed by atoms with van der Waals surface area (Å²) in [6.45, 7) is 4.57. The lowest BCUT2D eigenvalue weighted by molar-refractivity contribution is 0.382. The molecule has 1 saturated carbocycles. The Kier molecular flexibility index (Phi) is 3.09. The molecule has 0 aromatic heterocycles. The lowest BCUT2D eigenvalue weighted by Gasteiger charge is -2.29. The van der Waals surface area contributed by atoms with Gasteiger partial charge in [0.05, 0.1) is 5.84 Å². The lowest BCUT2D eigenvalue weighted by Crippen LogP contribution is -2.34. The highest BCUT2D eigenvalue weighted by molar-refractivity contribution is 5.82. The number of rotatable bonds is 1. The van der Waals surface area contributed by atoms with Crippen LogP contribution in [0.1, 0.15) is 45.4 Å². The molecule has 1 heterocycles. The molecule has 2 nitrogen and oxygen atoms in total. The molecule has 0 aromatic rings. The largest absolute Gasteiger partial charge is 0.360 e. The number of nitrogens with one attached hydrogen (secondary N) is 1. The Morgan fingerprint density at radius 2 is 1.86 bits per heavy atom. The lowest BCUT2D eigenvalue weighted by atomic mass is 9.88. The van der Waals surface area contributed by atoms with Gasteiger partial charge >= 0.3 is 0 Å². The van der Waals surface area contributed by atoms with Gasteiger partial charge in [0.2, 0.25) is 0 Å². The van der Waals surface area contributed by atoms with Crippen LogP contribution in [0.5, 0.6) is 0 Å². The third-order valence-corrected chi connectivity index (χ3v) is 3.76. The normalized spacial score (nSPS) is 29.5. The van der Waals surface area contributed by atoms with Gasteiger partial charge in [-0.05, 0) is 25.2 Å². The van der Waals surface area contributed by atoms with E-state index in [0.29, 0.717) is 5.92 Å². The predicted octanol–water partition coefficient (Wildman–Crippen LogP) is 2.89. The fourth-order valence-electron chi connectivity index (χ4n) is 2.79. The number of hydrogen-bond donors (Lipinski definition) is 1. The summed E-state index contributed by atoms with van der Waals surface area (Å²) in [6, 6.07) is 0. The van der Waals surface area contributed by atoms with Crippen molar-refractivity contribution in [3.05, 3.63) is 0 Å². The summed E-state index contributed by atoms with van der Waals surface area (Å²) in [5.74, 6) is 2.35. The summed E-state index contributed by atoms with van der Waals surface area (Å²) >= 11 is 0. The van der Waals surface area contributed by atoms with Gasteiger partial charge in [0.25, 0.3) is 0 Å². The molecule has 1 N–H and O–H groups in total. The molecular weight excluding hydrogens is 172 g/mol. The summed E-state index contributed by atoms with van der Waals surface area (Å²) < 4.78 is 0. The van der Waals surface area contributed by atoms with Gasteiger partial charge in [-0.2, -0.15) is 0 Å². The van der Waals surface area contributed by atoms with Gasteiger partial charge in [0, 0.05) is 19.0 Å². The number of hydrogen-bond acceptors (Lipinski definition) is 1. The standard InChI is InChI=1S/C12H22N2/c1-10-7-8-14(9-10)12(13)11-5-3-2-4-6-11/h10-11,13H,2-9H2,1H3. The molecule has 0 spiro atoms. The second-order valence-electron chi connectivity index (χ2n) is 5.06. The molecule has 1 unspecified atom stereocenters. The van der Waals surface area contributed by atoms with Gasteiger partial charge in [-0.15, -0.1) is 0 Å². The first-order valence-corrected chi connectivity index (χ1v) is 6.11. The minimum Gasteiger partial charge on any atom is -0.360 e. The summed E-state index contributed by atoms with van der Waals surface area (Å²) in [4.78, 5) is 2.32. The van der Waals surface area contributed by atoms with Crippen molar-refractivity contribution < 1.29 is 0 Å². The second-order valence-corrected chi connectivity index (χ2v) is 5.06. The highest BCUT2D eigenvalue weighted by atomic mass is 15.2. The van der Waals surface area contributed by atoms with E-state index in [2.05, 4.69) is 11.8 Å². The molecule has 1 saturated heterocycles. The molecule has 1 aliphatic heterocycles. The zero-order chi connectivity index (χ0) is 9.97. The van der Waals surface area contributed by atoms with E-state index >= 15 is 0 Å². The summed E-state index contributed by atoms with van der Waals surface area (Å²) in [7, 11) is 0. The Hall–Kier alpha value is -0.530. The quantitative estimate of drug-likeness (QED) is 0.504. The van der Waals surface area contributed by atoms with Crippen LogP contribution in [0.3, 0.4) is 0 Å². The van der Waals surface area contributed by atoms with Crippen molar-refractivity contribution in [1.29, 1.82) is 5.41 Å². The minimum absolute atomic E-state index is 0.592. The first-order valence-electron chi connectivity index (χ1n) is 6.11. The van der Waals surface area contributed by atoms with Gasteiger partial charge in [0.1, 0.15) is 0 Å². The van der Waals surface area contributed by atoms with Gasteiger partial charge in [-0.25, -0.2) is 0 Å². The summed E-state index contributed by atoms with van der Waals surface area (Å²) in [5.41, 5.74) is 0. The van der Waals surface area contributed by atoms with Gasteiger partial charge in [-0.3, -0.25) is 5.41 Å². The van der Waals surface area contributed by atoms with E-state index in [-0.39, 0.29) is 0 Å². The zero-order valence-corrected chi connectivity index (χ0v) is 9.26. The van der Waals surface area contributed by atoms with Crippen LogP contribution < -0.4 is 0 Å². The van der Waals surface area contributed by atoms with Crippen LogP contribution in [-0.2, 0) is 0 Å². The maximum absolute atomic E-state index is 8.20. The van der Waals surface area contributed by atoms with E-state index in [1.165, 1.54) is 38.5 Å². The third kappa shape index (κ3) is 2.10. The maximum atomic E-state index is 8.20. The third-order valence-electron chi connectivity index (χ3n) is 3.76. The highest BCUT2D eigenvalue weighted by Crippen LogP contribution is 2.27. The molecule has 2 aliphatic rings. The van der Waals surface area contributed by atoms with Crippen LogP contribution in [-0.4, -0.2) is 23.8 Å². The second kappa shape index (κ2) is 4.33. The predicted molar refractivity (Wildman–Crippen MR) is 59.7 cm³/mol. The molecule has 2 fully saturated rings. The Bertz CT molecular complexity index is 200. The Balaban J connectivity index is 1.87. The Morgan fingerprint density at radius 3 is 2.43 bits per heavy atom. The molecule has 0 amide bonds. The Morgan fingerprint density at radius 1 is 1.14 bits per heavy atom. The first-order chi connectivity index (χ1) is 6.77. The van der Waals surface area contributed by atoms with Gasteiger partial charge in [-0.1, -0.05) is 26.2 Å². The molecule has 0 radical (unpaired) electrons. The minimum atomic E-state index is 0.592. The maximum Gasteiger partial charge on any atom is 0.0989 e. The molecule has 0 aromatic carbocycles. The van der Waals surface area contributed by atoms with Crippen molar-refractivity contribution in [2.75, 3.05) is 13.1 Å². The zero-order valence-electron chi connectivity index (χ0n) is 9.26. The number of nitrogens with zero attached hydrogens (tertiary/aromatic N) is 1. The molecule has 2 heteroatoms. The van der Waals surface area contributed by atoms with Crippen molar-refractivity contribution in [3.63, 3.8) is 0 Å². The first kappa shape index (κ1) is 10.0. The molecule has 14 heavy (non-hydrogen) atoms. The van der Waals surface area contributed by atoms with Crippen molar-refractivity contribution in [3.8, 4) is 0 Å². The van der Waals surface area contributed by atoms with Crippen molar-refractivity contribution in [1.82, 2.24) is 4.90 Å². The average Bonchev–Trinajstić information content (AvgIpc) is 2.65. The van der Waals surface area contributed by atoms with Gasteiger partial charge in [0.15, 0.2) is 0 Å². The topological polar surface area (TPSA) is 27.1 Å².